The van der Waals surface area contributed by atoms with Crippen LogP contribution in [0.25, 0.3) is 0 Å². The first-order chi connectivity index (χ1) is 9.11. The highest BCUT2D eigenvalue weighted by Gasteiger charge is 2.36. The zero-order valence-electron chi connectivity index (χ0n) is 11.5. The normalized spacial score (nSPS) is 32.1. The van der Waals surface area contributed by atoms with E-state index < -0.39 is 5.97 Å². The number of rotatable bonds is 3. The molecule has 2 rings (SSSR count). The predicted molar refractivity (Wildman–Crippen MR) is 76.2 cm³/mol. The van der Waals surface area contributed by atoms with Gasteiger partial charge in [-0.2, -0.15) is 11.8 Å². The Hall–Kier alpha value is -0.710. The smallest absolute Gasteiger partial charge is 0.306 e. The maximum Gasteiger partial charge on any atom is 0.306 e. The van der Waals surface area contributed by atoms with Crippen LogP contribution in [0.4, 0.5) is 0 Å². The monoisotopic (exact) mass is 285 g/mol. The average molecular weight is 285 g/mol. The van der Waals surface area contributed by atoms with E-state index in [1.807, 2.05) is 16.7 Å². The Kier molecular flexibility index (Phi) is 5.13. The van der Waals surface area contributed by atoms with Gasteiger partial charge in [0.05, 0.1) is 5.92 Å². The molecule has 1 aliphatic carbocycles. The lowest BCUT2D eigenvalue weighted by molar-refractivity contribution is -0.141. The van der Waals surface area contributed by atoms with Gasteiger partial charge in [-0.05, 0) is 38.4 Å². The van der Waals surface area contributed by atoms with Crippen molar-refractivity contribution in [1.82, 2.24) is 4.90 Å². The average Bonchev–Trinajstić information content (AvgIpc) is 2.77. The summed E-state index contributed by atoms with van der Waals surface area (Å²) in [5.74, 6) is -0.906. The van der Waals surface area contributed by atoms with E-state index in [1.54, 1.807) is 0 Å². The van der Waals surface area contributed by atoms with Gasteiger partial charge in [0.2, 0.25) is 5.91 Å². The minimum absolute atomic E-state index is 0.0540. The lowest BCUT2D eigenvalue weighted by Gasteiger charge is -2.26. The summed E-state index contributed by atoms with van der Waals surface area (Å²) < 4.78 is 0. The zero-order valence-corrected chi connectivity index (χ0v) is 12.3. The molecule has 1 unspecified atom stereocenters. The third-order valence-corrected chi connectivity index (χ3v) is 5.46. The first kappa shape index (κ1) is 14.7. The Bertz CT molecular complexity index is 348. The van der Waals surface area contributed by atoms with E-state index in [0.29, 0.717) is 18.1 Å². The molecule has 0 aromatic rings. The number of aliphatic carboxylic acids is 1. The van der Waals surface area contributed by atoms with E-state index in [9.17, 15) is 9.59 Å². The van der Waals surface area contributed by atoms with Crippen molar-refractivity contribution in [2.45, 2.75) is 43.8 Å². The molecule has 1 saturated heterocycles. The number of amides is 1. The number of hydrogen-bond donors (Lipinski definition) is 1. The van der Waals surface area contributed by atoms with Crippen LogP contribution >= 0.6 is 11.8 Å². The maximum absolute atomic E-state index is 12.5. The number of nitrogens with zero attached hydrogens (tertiary/aromatic N) is 1. The molecule has 2 fully saturated rings. The Morgan fingerprint density at radius 1 is 1.16 bits per heavy atom. The van der Waals surface area contributed by atoms with Gasteiger partial charge in [-0.25, -0.2) is 0 Å². The number of carboxylic acid groups (broad SMARTS) is 1. The first-order valence-corrected chi connectivity index (χ1v) is 8.45. The van der Waals surface area contributed by atoms with Crippen LogP contribution in [0.2, 0.25) is 0 Å². The summed E-state index contributed by atoms with van der Waals surface area (Å²) in [5, 5.41) is 9.56. The van der Waals surface area contributed by atoms with Crippen LogP contribution < -0.4 is 0 Å². The summed E-state index contributed by atoms with van der Waals surface area (Å²) in [4.78, 5) is 25.5. The molecule has 2 aliphatic rings. The third-order valence-electron chi connectivity index (χ3n) is 4.40. The van der Waals surface area contributed by atoms with Crippen molar-refractivity contribution in [3.63, 3.8) is 0 Å². The lowest BCUT2D eigenvalue weighted by atomic mass is 10.0. The molecule has 5 heteroatoms. The van der Waals surface area contributed by atoms with Crippen molar-refractivity contribution >= 4 is 23.6 Å². The van der Waals surface area contributed by atoms with Crippen molar-refractivity contribution in [3.8, 4) is 0 Å². The summed E-state index contributed by atoms with van der Waals surface area (Å²) in [6, 6.07) is 0. The Morgan fingerprint density at radius 3 is 2.53 bits per heavy atom. The van der Waals surface area contributed by atoms with Gasteiger partial charge in [-0.3, -0.25) is 9.59 Å². The summed E-state index contributed by atoms with van der Waals surface area (Å²) in [6.45, 7) is 1.69. The molecule has 19 heavy (non-hydrogen) atoms. The number of thioether (sulfide) groups is 1. The van der Waals surface area contributed by atoms with E-state index in [2.05, 4.69) is 6.26 Å². The van der Waals surface area contributed by atoms with Crippen LogP contribution in [0.15, 0.2) is 0 Å². The summed E-state index contributed by atoms with van der Waals surface area (Å²) >= 11 is 1.84. The molecule has 1 N–H and O–H groups in total. The third kappa shape index (κ3) is 3.65. The largest absolute Gasteiger partial charge is 0.481 e. The van der Waals surface area contributed by atoms with Gasteiger partial charge in [0.1, 0.15) is 0 Å². The molecular weight excluding hydrogens is 262 g/mol. The van der Waals surface area contributed by atoms with Crippen LogP contribution in [0.5, 0.6) is 0 Å². The predicted octanol–water partition coefficient (Wildman–Crippen LogP) is 2.23. The molecule has 3 atom stereocenters. The Morgan fingerprint density at radius 2 is 1.89 bits per heavy atom. The number of carbonyl (C=O) groups is 2. The number of carboxylic acids is 1. The number of hydrogen-bond acceptors (Lipinski definition) is 3. The molecule has 0 radical (unpaired) electrons. The number of likely N-dealkylation sites (tertiary alicyclic amines) is 1. The summed E-state index contributed by atoms with van der Waals surface area (Å²) in [6.07, 6.45) is 7.51. The van der Waals surface area contributed by atoms with Crippen molar-refractivity contribution in [2.75, 3.05) is 19.3 Å². The second-order valence-corrected chi connectivity index (χ2v) is 6.82. The van der Waals surface area contributed by atoms with Gasteiger partial charge >= 0.3 is 5.97 Å². The van der Waals surface area contributed by atoms with E-state index in [1.165, 1.54) is 12.8 Å². The van der Waals surface area contributed by atoms with Crippen molar-refractivity contribution in [3.05, 3.63) is 0 Å². The molecular formula is C14H23NO3S. The first-order valence-electron chi connectivity index (χ1n) is 7.16. The van der Waals surface area contributed by atoms with Gasteiger partial charge in [0.25, 0.3) is 0 Å². The SMILES string of the molecule is CSC1CCCCN(C(=O)[C@@H]2CC[C@H](C(=O)O)C2)C1. The molecule has 0 bridgehead atoms. The summed E-state index contributed by atoms with van der Waals surface area (Å²) in [5.41, 5.74) is 0. The highest BCUT2D eigenvalue weighted by Crippen LogP contribution is 2.33. The van der Waals surface area contributed by atoms with Crippen LogP contribution in [0.1, 0.15) is 38.5 Å². The fourth-order valence-electron chi connectivity index (χ4n) is 3.18. The maximum atomic E-state index is 12.5. The molecule has 0 aromatic carbocycles. The molecule has 4 nitrogen and oxygen atoms in total. The molecule has 1 amide bonds. The summed E-state index contributed by atoms with van der Waals surface area (Å²) in [7, 11) is 0. The van der Waals surface area contributed by atoms with Gasteiger partial charge in [-0.15, -0.1) is 0 Å². The molecule has 0 aromatic heterocycles. The zero-order chi connectivity index (χ0) is 13.8. The van der Waals surface area contributed by atoms with Crippen molar-refractivity contribution < 1.29 is 14.7 Å². The Balaban J connectivity index is 1.93. The molecule has 1 saturated carbocycles. The minimum Gasteiger partial charge on any atom is -0.481 e. The quantitative estimate of drug-likeness (QED) is 0.864. The minimum atomic E-state index is -0.742. The molecule has 0 spiro atoms. The van der Waals surface area contributed by atoms with Crippen molar-refractivity contribution in [1.29, 1.82) is 0 Å². The second-order valence-electron chi connectivity index (χ2n) is 5.68. The fourth-order valence-corrected chi connectivity index (χ4v) is 3.92. The lowest BCUT2D eigenvalue weighted by Crippen LogP contribution is -2.39. The van der Waals surface area contributed by atoms with Crippen molar-refractivity contribution in [2.24, 2.45) is 11.8 Å². The van der Waals surface area contributed by atoms with Crippen LogP contribution in [0, 0.1) is 11.8 Å². The second kappa shape index (κ2) is 6.64. The highest BCUT2D eigenvalue weighted by molar-refractivity contribution is 7.99. The van der Waals surface area contributed by atoms with Crippen LogP contribution in [-0.4, -0.2) is 46.5 Å². The van der Waals surface area contributed by atoms with Gasteiger partial charge in [0.15, 0.2) is 0 Å². The van der Waals surface area contributed by atoms with Crippen LogP contribution in [-0.2, 0) is 9.59 Å². The highest BCUT2D eigenvalue weighted by atomic mass is 32.2. The number of carbonyl (C=O) groups excluding carboxylic acids is 1. The van der Waals surface area contributed by atoms with Gasteiger partial charge in [-0.1, -0.05) is 6.42 Å². The van der Waals surface area contributed by atoms with E-state index in [-0.39, 0.29) is 17.7 Å². The van der Waals surface area contributed by atoms with Gasteiger partial charge < -0.3 is 10.0 Å². The molecule has 108 valence electrons. The topological polar surface area (TPSA) is 57.6 Å². The molecule has 1 aliphatic heterocycles. The Labute approximate surface area is 118 Å². The van der Waals surface area contributed by atoms with E-state index in [0.717, 1.165) is 25.9 Å². The van der Waals surface area contributed by atoms with Gasteiger partial charge in [0, 0.05) is 24.3 Å². The van der Waals surface area contributed by atoms with E-state index >= 15 is 0 Å². The standard InChI is InChI=1S/C14H23NO3S/c1-19-12-4-2-3-7-15(9-12)13(16)10-5-6-11(8-10)14(17)18/h10-12H,2-9H2,1H3,(H,17,18)/t10-,11+,12?/m1/s1. The van der Waals surface area contributed by atoms with E-state index in [4.69, 9.17) is 5.11 Å². The van der Waals surface area contributed by atoms with Crippen LogP contribution in [0.3, 0.4) is 0 Å². The fraction of sp³-hybridized carbons (Fsp3) is 0.857. The molecule has 1 heterocycles.